The standard InChI is InChI=1S/C17H18O2/c1-4-14-9-10-16(17(11-14)18-3)19-12-15-7-5-13(2)6-8-15/h4-11H,1,12H2,2-3H3. The zero-order chi connectivity index (χ0) is 13.7. The van der Waals surface area contributed by atoms with Gasteiger partial charge < -0.3 is 9.47 Å². The van der Waals surface area contributed by atoms with Gasteiger partial charge in [-0.15, -0.1) is 0 Å². The molecular formula is C17H18O2. The van der Waals surface area contributed by atoms with Crippen LogP contribution in [0.5, 0.6) is 11.5 Å². The number of hydrogen-bond acceptors (Lipinski definition) is 2. The Hall–Kier alpha value is -2.22. The fraction of sp³-hybridized carbons (Fsp3) is 0.176. The van der Waals surface area contributed by atoms with Crippen molar-refractivity contribution < 1.29 is 9.47 Å². The van der Waals surface area contributed by atoms with E-state index in [1.54, 1.807) is 13.2 Å². The van der Waals surface area contributed by atoms with Gasteiger partial charge in [0.05, 0.1) is 7.11 Å². The molecule has 2 aromatic rings. The molecule has 0 saturated heterocycles. The molecule has 0 fully saturated rings. The Morgan fingerprint density at radius 3 is 2.42 bits per heavy atom. The molecule has 98 valence electrons. The summed E-state index contributed by atoms with van der Waals surface area (Å²) in [5, 5.41) is 0. The molecule has 0 spiro atoms. The van der Waals surface area contributed by atoms with E-state index >= 15 is 0 Å². The van der Waals surface area contributed by atoms with E-state index in [1.807, 2.05) is 18.2 Å². The first-order valence-corrected chi connectivity index (χ1v) is 6.22. The van der Waals surface area contributed by atoms with Gasteiger partial charge in [-0.2, -0.15) is 0 Å². The molecule has 0 N–H and O–H groups in total. The van der Waals surface area contributed by atoms with Crippen LogP contribution >= 0.6 is 0 Å². The van der Waals surface area contributed by atoms with Gasteiger partial charge >= 0.3 is 0 Å². The third-order valence-electron chi connectivity index (χ3n) is 2.94. The molecule has 19 heavy (non-hydrogen) atoms. The number of aryl methyl sites for hydroxylation is 1. The van der Waals surface area contributed by atoms with Crippen LogP contribution in [-0.4, -0.2) is 7.11 Å². The third kappa shape index (κ3) is 3.38. The Labute approximate surface area is 114 Å². The second-order valence-corrected chi connectivity index (χ2v) is 4.39. The molecule has 0 radical (unpaired) electrons. The van der Waals surface area contributed by atoms with Crippen molar-refractivity contribution in [1.82, 2.24) is 0 Å². The van der Waals surface area contributed by atoms with E-state index in [1.165, 1.54) is 5.56 Å². The molecule has 0 atom stereocenters. The second kappa shape index (κ2) is 6.10. The Kier molecular flexibility index (Phi) is 4.24. The van der Waals surface area contributed by atoms with E-state index in [0.717, 1.165) is 22.6 Å². The molecule has 0 heterocycles. The van der Waals surface area contributed by atoms with Gasteiger partial charge in [0.25, 0.3) is 0 Å². The van der Waals surface area contributed by atoms with Crippen LogP contribution in [0, 0.1) is 6.92 Å². The first-order chi connectivity index (χ1) is 9.22. The molecule has 0 aliphatic carbocycles. The van der Waals surface area contributed by atoms with E-state index < -0.39 is 0 Å². The quantitative estimate of drug-likeness (QED) is 0.795. The summed E-state index contributed by atoms with van der Waals surface area (Å²) in [6.45, 7) is 6.34. The molecule has 0 saturated carbocycles. The maximum absolute atomic E-state index is 5.79. The fourth-order valence-electron chi connectivity index (χ4n) is 1.78. The van der Waals surface area contributed by atoms with Crippen LogP contribution in [-0.2, 0) is 6.61 Å². The summed E-state index contributed by atoms with van der Waals surface area (Å²) in [7, 11) is 1.64. The molecule has 2 heteroatoms. The molecule has 0 aliphatic rings. The summed E-state index contributed by atoms with van der Waals surface area (Å²) < 4.78 is 11.1. The number of rotatable bonds is 5. The van der Waals surface area contributed by atoms with Crippen molar-refractivity contribution in [2.45, 2.75) is 13.5 Å². The molecule has 0 aliphatic heterocycles. The Bertz CT molecular complexity index is 556. The van der Waals surface area contributed by atoms with Crippen molar-refractivity contribution in [3.8, 4) is 11.5 Å². The highest BCUT2D eigenvalue weighted by atomic mass is 16.5. The molecule has 2 aromatic carbocycles. The lowest BCUT2D eigenvalue weighted by Crippen LogP contribution is -1.98. The molecule has 0 bridgehead atoms. The minimum Gasteiger partial charge on any atom is -0.493 e. The van der Waals surface area contributed by atoms with E-state index in [2.05, 4.69) is 37.8 Å². The van der Waals surface area contributed by atoms with Gasteiger partial charge in [-0.1, -0.05) is 48.6 Å². The van der Waals surface area contributed by atoms with Crippen LogP contribution < -0.4 is 9.47 Å². The van der Waals surface area contributed by atoms with Gasteiger partial charge in [-0.3, -0.25) is 0 Å². The normalized spacial score (nSPS) is 10.0. The number of methoxy groups -OCH3 is 1. The van der Waals surface area contributed by atoms with E-state index in [9.17, 15) is 0 Å². The topological polar surface area (TPSA) is 18.5 Å². The van der Waals surface area contributed by atoms with Crippen molar-refractivity contribution in [3.05, 3.63) is 65.7 Å². The molecule has 2 rings (SSSR count). The summed E-state index contributed by atoms with van der Waals surface area (Å²) in [6, 6.07) is 14.1. The third-order valence-corrected chi connectivity index (χ3v) is 2.94. The summed E-state index contributed by atoms with van der Waals surface area (Å²) in [4.78, 5) is 0. The summed E-state index contributed by atoms with van der Waals surface area (Å²) in [6.07, 6.45) is 1.78. The molecule has 0 amide bonds. The molecular weight excluding hydrogens is 236 g/mol. The SMILES string of the molecule is C=Cc1ccc(OCc2ccc(C)cc2)c(OC)c1. The average molecular weight is 254 g/mol. The Balaban J connectivity index is 2.10. The number of hydrogen-bond donors (Lipinski definition) is 0. The van der Waals surface area contributed by atoms with Gasteiger partial charge in [0.15, 0.2) is 11.5 Å². The van der Waals surface area contributed by atoms with Crippen molar-refractivity contribution in [2.24, 2.45) is 0 Å². The summed E-state index contributed by atoms with van der Waals surface area (Å²) in [5.74, 6) is 1.47. The zero-order valence-electron chi connectivity index (χ0n) is 11.3. The number of benzene rings is 2. The molecule has 0 aromatic heterocycles. The average Bonchev–Trinajstić information content (AvgIpc) is 2.46. The predicted molar refractivity (Wildman–Crippen MR) is 78.6 cm³/mol. The smallest absolute Gasteiger partial charge is 0.161 e. The highest BCUT2D eigenvalue weighted by Gasteiger charge is 2.05. The summed E-state index contributed by atoms with van der Waals surface area (Å²) in [5.41, 5.74) is 3.40. The Morgan fingerprint density at radius 2 is 1.79 bits per heavy atom. The highest BCUT2D eigenvalue weighted by Crippen LogP contribution is 2.29. The van der Waals surface area contributed by atoms with Gasteiger partial charge in [-0.25, -0.2) is 0 Å². The van der Waals surface area contributed by atoms with Crippen LogP contribution in [0.15, 0.2) is 49.0 Å². The van der Waals surface area contributed by atoms with E-state index in [0.29, 0.717) is 6.61 Å². The first kappa shape index (κ1) is 13.2. The van der Waals surface area contributed by atoms with E-state index in [-0.39, 0.29) is 0 Å². The fourth-order valence-corrected chi connectivity index (χ4v) is 1.78. The van der Waals surface area contributed by atoms with Gasteiger partial charge in [0.1, 0.15) is 6.61 Å². The lowest BCUT2D eigenvalue weighted by molar-refractivity contribution is 0.284. The van der Waals surface area contributed by atoms with Crippen molar-refractivity contribution in [3.63, 3.8) is 0 Å². The van der Waals surface area contributed by atoms with Gasteiger partial charge in [0, 0.05) is 0 Å². The van der Waals surface area contributed by atoms with Crippen LogP contribution in [0.25, 0.3) is 6.08 Å². The molecule has 2 nitrogen and oxygen atoms in total. The lowest BCUT2D eigenvalue weighted by Gasteiger charge is -2.11. The van der Waals surface area contributed by atoms with Crippen molar-refractivity contribution >= 4 is 6.08 Å². The number of ether oxygens (including phenoxy) is 2. The van der Waals surface area contributed by atoms with Gasteiger partial charge in [0.2, 0.25) is 0 Å². The highest BCUT2D eigenvalue weighted by molar-refractivity contribution is 5.54. The lowest BCUT2D eigenvalue weighted by atomic mass is 10.1. The van der Waals surface area contributed by atoms with Gasteiger partial charge in [-0.05, 0) is 30.2 Å². The van der Waals surface area contributed by atoms with Crippen LogP contribution in [0.2, 0.25) is 0 Å². The second-order valence-electron chi connectivity index (χ2n) is 4.39. The summed E-state index contributed by atoms with van der Waals surface area (Å²) >= 11 is 0. The van der Waals surface area contributed by atoms with Crippen molar-refractivity contribution in [1.29, 1.82) is 0 Å². The Morgan fingerprint density at radius 1 is 1.05 bits per heavy atom. The predicted octanol–water partition coefficient (Wildman–Crippen LogP) is 4.23. The van der Waals surface area contributed by atoms with Crippen LogP contribution in [0.3, 0.4) is 0 Å². The van der Waals surface area contributed by atoms with Crippen molar-refractivity contribution in [2.75, 3.05) is 7.11 Å². The maximum Gasteiger partial charge on any atom is 0.161 e. The first-order valence-electron chi connectivity index (χ1n) is 6.22. The maximum atomic E-state index is 5.79. The van der Waals surface area contributed by atoms with Crippen LogP contribution in [0.1, 0.15) is 16.7 Å². The largest absolute Gasteiger partial charge is 0.493 e. The van der Waals surface area contributed by atoms with Crippen LogP contribution in [0.4, 0.5) is 0 Å². The molecule has 0 unspecified atom stereocenters. The zero-order valence-corrected chi connectivity index (χ0v) is 11.3. The minimum atomic E-state index is 0.532. The monoisotopic (exact) mass is 254 g/mol. The minimum absolute atomic E-state index is 0.532. The van der Waals surface area contributed by atoms with E-state index in [4.69, 9.17) is 9.47 Å².